The van der Waals surface area contributed by atoms with E-state index in [9.17, 15) is 9.59 Å². The van der Waals surface area contributed by atoms with Crippen molar-refractivity contribution in [3.8, 4) is 5.75 Å². The van der Waals surface area contributed by atoms with Gasteiger partial charge in [-0.25, -0.2) is 13.6 Å². The fourth-order valence-electron chi connectivity index (χ4n) is 6.54. The van der Waals surface area contributed by atoms with Crippen LogP contribution in [0.15, 0.2) is 72.3 Å². The van der Waals surface area contributed by atoms with Gasteiger partial charge in [-0.2, -0.15) is 0 Å². The number of hydrogen-bond donors (Lipinski definition) is 0. The lowest BCUT2D eigenvalue weighted by molar-refractivity contribution is -0.151. The molecule has 0 bridgehead atoms. The van der Waals surface area contributed by atoms with Crippen LogP contribution in [0.5, 0.6) is 5.75 Å². The van der Waals surface area contributed by atoms with E-state index in [1.165, 1.54) is 19.2 Å². The predicted molar refractivity (Wildman–Crippen MR) is 182 cm³/mol. The summed E-state index contributed by atoms with van der Waals surface area (Å²) in [6.45, 7) is 5.48. The molecule has 5 rings (SSSR count). The lowest BCUT2D eigenvalue weighted by Gasteiger charge is -2.43. The van der Waals surface area contributed by atoms with Gasteiger partial charge in [0.2, 0.25) is 0 Å². The molecule has 50 heavy (non-hydrogen) atoms. The molecule has 11 heteroatoms. The van der Waals surface area contributed by atoms with Crippen LogP contribution in [-0.2, 0) is 46.3 Å². The summed E-state index contributed by atoms with van der Waals surface area (Å²) in [5.74, 6) is -2.66. The third-order valence-corrected chi connectivity index (χ3v) is 8.96. The fraction of sp³-hybridized carbons (Fsp3) is 0.436. The minimum Gasteiger partial charge on any atom is -0.491 e. The number of esters is 2. The first-order chi connectivity index (χ1) is 24.3. The second-order valence-corrected chi connectivity index (χ2v) is 12.5. The van der Waals surface area contributed by atoms with Crippen LogP contribution in [0.4, 0.5) is 8.78 Å². The molecule has 0 radical (unpaired) electrons. The van der Waals surface area contributed by atoms with E-state index >= 15 is 8.78 Å². The number of rotatable bonds is 18. The van der Waals surface area contributed by atoms with Gasteiger partial charge >= 0.3 is 11.9 Å². The molecule has 0 N–H and O–H groups in total. The quantitative estimate of drug-likeness (QED) is 0.116. The average Bonchev–Trinajstić information content (AvgIpc) is 3.48. The van der Waals surface area contributed by atoms with Crippen LogP contribution >= 0.6 is 0 Å². The fourth-order valence-corrected chi connectivity index (χ4v) is 6.54. The molecule has 1 aliphatic carbocycles. The molecule has 0 spiro atoms. The number of methoxy groups -OCH3 is 1. The van der Waals surface area contributed by atoms with E-state index in [0.29, 0.717) is 26.0 Å². The van der Waals surface area contributed by atoms with Gasteiger partial charge in [-0.1, -0.05) is 61.5 Å². The van der Waals surface area contributed by atoms with Crippen LogP contribution in [0.2, 0.25) is 0 Å². The van der Waals surface area contributed by atoms with Crippen molar-refractivity contribution in [1.82, 2.24) is 4.90 Å². The van der Waals surface area contributed by atoms with Crippen LogP contribution < -0.4 is 4.74 Å². The third kappa shape index (κ3) is 9.54. The zero-order valence-electron chi connectivity index (χ0n) is 28.8. The zero-order valence-corrected chi connectivity index (χ0v) is 28.8. The summed E-state index contributed by atoms with van der Waals surface area (Å²) in [5, 5.41) is 0. The summed E-state index contributed by atoms with van der Waals surface area (Å²) in [7, 11) is 1.34. The van der Waals surface area contributed by atoms with Crippen molar-refractivity contribution in [3.05, 3.63) is 106 Å². The molecule has 2 aliphatic rings. The molecule has 0 aromatic heterocycles. The van der Waals surface area contributed by atoms with E-state index in [2.05, 4.69) is 12.1 Å². The highest BCUT2D eigenvalue weighted by Crippen LogP contribution is 2.50. The third-order valence-electron chi connectivity index (χ3n) is 8.96. The van der Waals surface area contributed by atoms with Gasteiger partial charge in [-0.05, 0) is 47.6 Å². The van der Waals surface area contributed by atoms with Gasteiger partial charge in [0.15, 0.2) is 0 Å². The SMILES string of the molecule is COC(=O)[C@@H](C)CN1[C@H](C)CC2=C(Cc3ccccc32)[C@H]1c1c(F)cc(OCCOCCOCCOCC(=O)OCc2ccccc2)cc1F. The molecule has 3 aromatic rings. The molecule has 0 unspecified atom stereocenters. The van der Waals surface area contributed by atoms with Gasteiger partial charge < -0.3 is 28.4 Å². The highest BCUT2D eigenvalue weighted by Gasteiger charge is 2.42. The molecular weight excluding hydrogens is 648 g/mol. The van der Waals surface area contributed by atoms with Crippen molar-refractivity contribution in [3.63, 3.8) is 0 Å². The monoisotopic (exact) mass is 693 g/mol. The van der Waals surface area contributed by atoms with Gasteiger partial charge in [-0.15, -0.1) is 0 Å². The molecule has 268 valence electrons. The minimum absolute atomic E-state index is 0.0530. The van der Waals surface area contributed by atoms with Crippen molar-refractivity contribution < 1.29 is 46.8 Å². The normalized spacial score (nSPS) is 17.6. The number of nitrogens with zero attached hydrogens (tertiary/aromatic N) is 1. The maximum Gasteiger partial charge on any atom is 0.332 e. The molecular formula is C39H45F2NO8. The Balaban J connectivity index is 1.08. The Morgan fingerprint density at radius 3 is 2.22 bits per heavy atom. The standard InChI is InChI=1S/C39H45F2NO8/c1-26(39(44)45-3)23-42-27(2)19-32-31-12-8-7-11-29(31)20-33(32)38(42)37-34(40)21-30(22-35(37)41)49-18-17-47-14-13-46-15-16-48-25-36(43)50-24-28-9-5-4-6-10-28/h4-12,21-22,26-27,38H,13-20,23-25H2,1-3H3/t26-,27+,38-/m0/s1. The Morgan fingerprint density at radius 1 is 0.880 bits per heavy atom. The molecule has 0 amide bonds. The zero-order chi connectivity index (χ0) is 35.5. The van der Waals surface area contributed by atoms with Crippen LogP contribution in [0.3, 0.4) is 0 Å². The second kappa shape index (κ2) is 18.2. The van der Waals surface area contributed by atoms with E-state index in [1.807, 2.05) is 54.3 Å². The summed E-state index contributed by atoms with van der Waals surface area (Å²) in [6.07, 6.45) is 1.30. The van der Waals surface area contributed by atoms with Crippen molar-refractivity contribution >= 4 is 17.5 Å². The van der Waals surface area contributed by atoms with Crippen molar-refractivity contribution in [1.29, 1.82) is 0 Å². The van der Waals surface area contributed by atoms with E-state index < -0.39 is 29.6 Å². The Morgan fingerprint density at radius 2 is 1.52 bits per heavy atom. The number of ether oxygens (including phenoxy) is 6. The first-order valence-corrected chi connectivity index (χ1v) is 16.9. The Labute approximate surface area is 292 Å². The lowest BCUT2D eigenvalue weighted by Crippen LogP contribution is -2.45. The summed E-state index contributed by atoms with van der Waals surface area (Å²) in [4.78, 5) is 26.2. The summed E-state index contributed by atoms with van der Waals surface area (Å²) >= 11 is 0. The first kappa shape index (κ1) is 37.1. The summed E-state index contributed by atoms with van der Waals surface area (Å²) < 4.78 is 63.9. The van der Waals surface area contributed by atoms with Crippen LogP contribution in [0, 0.1) is 17.6 Å². The molecule has 9 nitrogen and oxygen atoms in total. The molecule has 1 aliphatic heterocycles. The highest BCUT2D eigenvalue weighted by molar-refractivity contribution is 5.79. The Bertz CT molecular complexity index is 1610. The molecule has 3 atom stereocenters. The van der Waals surface area contributed by atoms with Gasteiger partial charge in [0.1, 0.15) is 37.2 Å². The van der Waals surface area contributed by atoms with Crippen LogP contribution in [0.1, 0.15) is 48.6 Å². The van der Waals surface area contributed by atoms with Crippen molar-refractivity contribution in [2.45, 2.75) is 45.4 Å². The van der Waals surface area contributed by atoms with Crippen molar-refractivity contribution in [2.75, 3.05) is 59.9 Å². The van der Waals surface area contributed by atoms with Crippen molar-refractivity contribution in [2.24, 2.45) is 5.92 Å². The van der Waals surface area contributed by atoms with Gasteiger partial charge in [0.05, 0.1) is 52.1 Å². The molecule has 3 aromatic carbocycles. The number of fused-ring (bicyclic) bond motifs is 2. The van der Waals surface area contributed by atoms with Gasteiger partial charge in [-0.3, -0.25) is 9.69 Å². The van der Waals surface area contributed by atoms with E-state index in [4.69, 9.17) is 28.4 Å². The second-order valence-electron chi connectivity index (χ2n) is 12.5. The molecule has 0 saturated heterocycles. The predicted octanol–water partition coefficient (Wildman–Crippen LogP) is 6.09. The average molecular weight is 694 g/mol. The Hall–Kier alpha value is -4.16. The number of carbonyl (C=O) groups is 2. The van der Waals surface area contributed by atoms with Crippen LogP contribution in [0.25, 0.3) is 5.57 Å². The maximum atomic E-state index is 16.0. The van der Waals surface area contributed by atoms with Gasteiger partial charge in [0.25, 0.3) is 0 Å². The Kier molecular flexibility index (Phi) is 13.5. The van der Waals surface area contributed by atoms with E-state index in [1.54, 1.807) is 6.92 Å². The largest absolute Gasteiger partial charge is 0.491 e. The molecule has 0 saturated carbocycles. The first-order valence-electron chi connectivity index (χ1n) is 16.9. The number of benzene rings is 3. The van der Waals surface area contributed by atoms with Crippen LogP contribution in [-0.4, -0.2) is 82.8 Å². The topological polar surface area (TPSA) is 92.8 Å². The van der Waals surface area contributed by atoms with Gasteiger partial charge in [0, 0.05) is 30.3 Å². The van der Waals surface area contributed by atoms with E-state index in [-0.39, 0.29) is 69.6 Å². The lowest BCUT2D eigenvalue weighted by atomic mass is 9.84. The maximum absolute atomic E-state index is 16.0. The smallest absolute Gasteiger partial charge is 0.332 e. The molecule has 1 heterocycles. The highest BCUT2D eigenvalue weighted by atomic mass is 19.1. The number of carbonyl (C=O) groups excluding carboxylic acids is 2. The number of hydrogen-bond acceptors (Lipinski definition) is 9. The molecule has 0 fully saturated rings. The summed E-state index contributed by atoms with van der Waals surface area (Å²) in [6, 6.07) is 19.1. The summed E-state index contributed by atoms with van der Waals surface area (Å²) in [5.41, 5.74) is 5.18. The minimum atomic E-state index is -0.710. The number of halogens is 2. The van der Waals surface area contributed by atoms with E-state index in [0.717, 1.165) is 27.8 Å².